The number of fused-ring (bicyclic) bond motifs is 1. The summed E-state index contributed by atoms with van der Waals surface area (Å²) < 4.78 is 1.73. The van der Waals surface area contributed by atoms with Crippen molar-refractivity contribution < 1.29 is 4.79 Å². The fourth-order valence-corrected chi connectivity index (χ4v) is 2.59. The van der Waals surface area contributed by atoms with Gasteiger partial charge in [-0.15, -0.1) is 0 Å². The third-order valence-corrected chi connectivity index (χ3v) is 3.51. The highest BCUT2D eigenvalue weighted by atomic mass is 16.1. The summed E-state index contributed by atoms with van der Waals surface area (Å²) in [5, 5.41) is 4.13. The number of Topliss-reactive ketones (excluding diaryl/α,β-unsaturated/α-hetero) is 1. The highest BCUT2D eigenvalue weighted by Crippen LogP contribution is 2.23. The fourth-order valence-electron chi connectivity index (χ4n) is 2.59. The van der Waals surface area contributed by atoms with Crippen molar-refractivity contribution in [2.45, 2.75) is 32.2 Å². The van der Waals surface area contributed by atoms with Gasteiger partial charge in [-0.3, -0.25) is 4.79 Å². The Morgan fingerprint density at radius 3 is 3.11 bits per heavy atom. The molecule has 2 aromatic heterocycles. The van der Waals surface area contributed by atoms with E-state index in [2.05, 4.69) is 15.0 Å². The summed E-state index contributed by atoms with van der Waals surface area (Å²) >= 11 is 0. The summed E-state index contributed by atoms with van der Waals surface area (Å²) in [6.07, 6.45) is 6.79. The van der Waals surface area contributed by atoms with Crippen LogP contribution in [0.4, 0.5) is 5.82 Å². The molecule has 3 heterocycles. The van der Waals surface area contributed by atoms with Crippen molar-refractivity contribution in [1.82, 2.24) is 14.6 Å². The van der Waals surface area contributed by atoms with E-state index >= 15 is 0 Å². The van der Waals surface area contributed by atoms with Gasteiger partial charge in [-0.25, -0.2) is 9.50 Å². The van der Waals surface area contributed by atoms with Crippen LogP contribution in [0.15, 0.2) is 24.5 Å². The Kier molecular flexibility index (Phi) is 2.74. The van der Waals surface area contributed by atoms with Gasteiger partial charge in [0, 0.05) is 18.8 Å². The molecule has 2 aromatic rings. The van der Waals surface area contributed by atoms with Crippen LogP contribution in [0.25, 0.3) is 5.65 Å². The van der Waals surface area contributed by atoms with E-state index in [1.807, 2.05) is 18.3 Å². The smallest absolute Gasteiger partial charge is 0.157 e. The van der Waals surface area contributed by atoms with Gasteiger partial charge in [0.1, 0.15) is 5.82 Å². The third kappa shape index (κ3) is 1.85. The number of anilines is 1. The first-order chi connectivity index (χ1) is 8.75. The maximum atomic E-state index is 11.7. The molecule has 0 amide bonds. The predicted octanol–water partition coefficient (Wildman–Crippen LogP) is 1.68. The van der Waals surface area contributed by atoms with Gasteiger partial charge < -0.3 is 4.90 Å². The van der Waals surface area contributed by atoms with Crippen LogP contribution >= 0.6 is 0 Å². The molecular formula is C13H16N4O. The molecule has 1 saturated heterocycles. The zero-order valence-electron chi connectivity index (χ0n) is 10.4. The van der Waals surface area contributed by atoms with Crippen molar-refractivity contribution >= 4 is 17.2 Å². The van der Waals surface area contributed by atoms with Crippen molar-refractivity contribution in [3.8, 4) is 0 Å². The van der Waals surface area contributed by atoms with Crippen LogP contribution in [0.2, 0.25) is 0 Å². The van der Waals surface area contributed by atoms with E-state index in [4.69, 9.17) is 0 Å². The second kappa shape index (κ2) is 4.40. The van der Waals surface area contributed by atoms with Gasteiger partial charge in [0.25, 0.3) is 0 Å². The second-order valence-corrected chi connectivity index (χ2v) is 4.74. The highest BCUT2D eigenvalue weighted by molar-refractivity contribution is 5.85. The lowest BCUT2D eigenvalue weighted by Gasteiger charge is -2.35. The molecule has 0 aliphatic carbocycles. The molecule has 1 unspecified atom stereocenters. The minimum atomic E-state index is -0.0170. The molecule has 0 bridgehead atoms. The van der Waals surface area contributed by atoms with Crippen molar-refractivity contribution in [1.29, 1.82) is 0 Å². The van der Waals surface area contributed by atoms with E-state index in [9.17, 15) is 4.79 Å². The van der Waals surface area contributed by atoms with Crippen molar-refractivity contribution in [3.63, 3.8) is 0 Å². The SMILES string of the molecule is CC(=O)C1CCCCN1c1ccn2nccc2n1. The number of nitrogens with zero attached hydrogens (tertiary/aromatic N) is 4. The summed E-state index contributed by atoms with van der Waals surface area (Å²) in [6, 6.07) is 3.79. The zero-order chi connectivity index (χ0) is 12.5. The van der Waals surface area contributed by atoms with E-state index in [0.717, 1.165) is 37.3 Å². The summed E-state index contributed by atoms with van der Waals surface area (Å²) in [4.78, 5) is 18.4. The summed E-state index contributed by atoms with van der Waals surface area (Å²) in [6.45, 7) is 2.57. The maximum absolute atomic E-state index is 11.7. The number of carbonyl (C=O) groups excluding carboxylic acids is 1. The molecule has 3 rings (SSSR count). The summed E-state index contributed by atoms with van der Waals surface area (Å²) in [5.41, 5.74) is 0.820. The normalized spacial score (nSPS) is 20.3. The average molecular weight is 244 g/mol. The van der Waals surface area contributed by atoms with Crippen LogP contribution in [0, 0.1) is 0 Å². The number of rotatable bonds is 2. The van der Waals surface area contributed by atoms with Gasteiger partial charge in [-0.05, 0) is 32.3 Å². The first-order valence-electron chi connectivity index (χ1n) is 6.33. The molecule has 1 aliphatic heterocycles. The molecule has 0 aromatic carbocycles. The Labute approximate surface area is 105 Å². The molecule has 18 heavy (non-hydrogen) atoms. The lowest BCUT2D eigenvalue weighted by molar-refractivity contribution is -0.118. The number of piperidine rings is 1. The van der Waals surface area contributed by atoms with Gasteiger partial charge in [0.2, 0.25) is 0 Å². The topological polar surface area (TPSA) is 50.5 Å². The van der Waals surface area contributed by atoms with Crippen LogP contribution in [0.1, 0.15) is 26.2 Å². The van der Waals surface area contributed by atoms with Crippen LogP contribution in [-0.2, 0) is 4.79 Å². The summed E-state index contributed by atoms with van der Waals surface area (Å²) in [7, 11) is 0. The van der Waals surface area contributed by atoms with E-state index in [1.165, 1.54) is 0 Å². The van der Waals surface area contributed by atoms with Gasteiger partial charge in [0.05, 0.1) is 12.2 Å². The number of aromatic nitrogens is 3. The van der Waals surface area contributed by atoms with Crippen molar-refractivity contribution in [3.05, 3.63) is 24.5 Å². The largest absolute Gasteiger partial charge is 0.346 e. The molecule has 1 aliphatic rings. The van der Waals surface area contributed by atoms with Crippen LogP contribution in [0.5, 0.6) is 0 Å². The lowest BCUT2D eigenvalue weighted by Crippen LogP contribution is -2.44. The van der Waals surface area contributed by atoms with Gasteiger partial charge in [-0.1, -0.05) is 0 Å². The van der Waals surface area contributed by atoms with Crippen molar-refractivity contribution in [2.75, 3.05) is 11.4 Å². The molecule has 5 heteroatoms. The minimum absolute atomic E-state index is 0.0170. The first-order valence-corrected chi connectivity index (χ1v) is 6.33. The standard InChI is InChI=1S/C13H16N4O/c1-10(18)11-4-2-3-8-16(11)12-6-9-17-13(15-12)5-7-14-17/h5-7,9,11H,2-4,8H2,1H3. The van der Waals surface area contributed by atoms with Crippen molar-refractivity contribution in [2.24, 2.45) is 0 Å². The van der Waals surface area contributed by atoms with Gasteiger partial charge in [0.15, 0.2) is 11.4 Å². The Balaban J connectivity index is 1.97. The van der Waals surface area contributed by atoms with E-state index < -0.39 is 0 Å². The zero-order valence-corrected chi connectivity index (χ0v) is 10.4. The molecule has 0 radical (unpaired) electrons. The molecule has 1 fully saturated rings. The summed E-state index contributed by atoms with van der Waals surface area (Å²) in [5.74, 6) is 1.10. The molecule has 5 nitrogen and oxygen atoms in total. The highest BCUT2D eigenvalue weighted by Gasteiger charge is 2.27. The Morgan fingerprint density at radius 1 is 1.39 bits per heavy atom. The molecule has 94 valence electrons. The van der Waals surface area contributed by atoms with E-state index in [1.54, 1.807) is 17.6 Å². The Bertz CT molecular complexity index is 577. The molecule has 0 saturated carbocycles. The van der Waals surface area contributed by atoms with Crippen LogP contribution < -0.4 is 4.90 Å². The molecule has 1 atom stereocenters. The minimum Gasteiger partial charge on any atom is -0.346 e. The Morgan fingerprint density at radius 2 is 2.28 bits per heavy atom. The van der Waals surface area contributed by atoms with Crippen LogP contribution in [-0.4, -0.2) is 33.0 Å². The van der Waals surface area contributed by atoms with E-state index in [-0.39, 0.29) is 11.8 Å². The lowest BCUT2D eigenvalue weighted by atomic mass is 9.99. The number of hydrogen-bond acceptors (Lipinski definition) is 4. The molecular weight excluding hydrogens is 228 g/mol. The fraction of sp³-hybridized carbons (Fsp3) is 0.462. The quantitative estimate of drug-likeness (QED) is 0.806. The number of hydrogen-bond donors (Lipinski definition) is 0. The predicted molar refractivity (Wildman–Crippen MR) is 68.7 cm³/mol. The number of ketones is 1. The van der Waals surface area contributed by atoms with Gasteiger partial charge in [-0.2, -0.15) is 5.10 Å². The Hall–Kier alpha value is -1.91. The van der Waals surface area contributed by atoms with E-state index in [0.29, 0.717) is 0 Å². The second-order valence-electron chi connectivity index (χ2n) is 4.74. The monoisotopic (exact) mass is 244 g/mol. The maximum Gasteiger partial charge on any atom is 0.157 e. The number of carbonyl (C=O) groups is 1. The van der Waals surface area contributed by atoms with Crippen LogP contribution in [0.3, 0.4) is 0 Å². The molecule has 0 N–H and O–H groups in total. The molecule has 0 spiro atoms. The average Bonchev–Trinajstić information content (AvgIpc) is 2.85. The third-order valence-electron chi connectivity index (χ3n) is 3.51. The first kappa shape index (κ1) is 11.2. The van der Waals surface area contributed by atoms with Gasteiger partial charge >= 0.3 is 0 Å².